The molecule has 0 saturated heterocycles. The third kappa shape index (κ3) is 73.8. The predicted molar refractivity (Wildman–Crippen MR) is 69.7 cm³/mol. The maximum atomic E-state index is 10.1. The van der Waals surface area contributed by atoms with Gasteiger partial charge < -0.3 is 15.4 Å². The number of Topliss-reactive ketones (excluding diaryl/α,β-unsaturated/α-hetero) is 1. The molecule has 0 bridgehead atoms. The second kappa shape index (κ2) is 14.6. The molecule has 0 aliphatic rings. The Balaban J connectivity index is -0.000000180. The van der Waals surface area contributed by atoms with Gasteiger partial charge in [0.25, 0.3) is 0 Å². The molecule has 2 amide bonds. The van der Waals surface area contributed by atoms with Crippen molar-refractivity contribution in [2.75, 3.05) is 6.54 Å². The van der Waals surface area contributed by atoms with Gasteiger partial charge in [0.2, 0.25) is 11.8 Å². The molecule has 0 saturated carbocycles. The van der Waals surface area contributed by atoms with Gasteiger partial charge in [0.05, 0.1) is 0 Å². The van der Waals surface area contributed by atoms with Gasteiger partial charge in [-0.05, 0) is 34.6 Å². The number of carbonyl (C=O) groups is 3. The van der Waals surface area contributed by atoms with E-state index in [0.29, 0.717) is 0 Å². The molecule has 0 aromatic carbocycles. The standard InChI is InChI=1S/C5H11NO.C4H9NO.C3H6O/c1-4(2)6-5(3)7;1-3-5-4(2)6;1-3(2)4/h4H,1-3H3,(H,6,7);3H2,1-2H3,(H,5,6);1-2H3. The lowest BCUT2D eigenvalue weighted by atomic mass is 10.4. The zero-order valence-electron chi connectivity index (χ0n) is 12.0. The highest BCUT2D eigenvalue weighted by Gasteiger charge is 1.91. The molecule has 0 atom stereocenters. The van der Waals surface area contributed by atoms with E-state index in [-0.39, 0.29) is 23.6 Å². The smallest absolute Gasteiger partial charge is 0.217 e. The Labute approximate surface area is 104 Å². The van der Waals surface area contributed by atoms with E-state index < -0.39 is 0 Å². The topological polar surface area (TPSA) is 75.3 Å². The van der Waals surface area contributed by atoms with Crippen LogP contribution in [0.5, 0.6) is 0 Å². The van der Waals surface area contributed by atoms with Gasteiger partial charge in [0.1, 0.15) is 5.78 Å². The second-order valence-corrected chi connectivity index (χ2v) is 3.85. The minimum absolute atomic E-state index is 0.0370. The normalized spacial score (nSPS) is 8.00. The van der Waals surface area contributed by atoms with E-state index in [2.05, 4.69) is 10.6 Å². The minimum atomic E-state index is 0.0370. The van der Waals surface area contributed by atoms with Crippen LogP contribution in [0.1, 0.15) is 48.5 Å². The maximum Gasteiger partial charge on any atom is 0.217 e. The first kappa shape index (κ1) is 21.0. The fourth-order valence-electron chi connectivity index (χ4n) is 0.655. The molecule has 5 nitrogen and oxygen atoms in total. The molecule has 102 valence electrons. The molecule has 0 aromatic rings. The van der Waals surface area contributed by atoms with Crippen molar-refractivity contribution in [1.29, 1.82) is 0 Å². The van der Waals surface area contributed by atoms with E-state index in [1.54, 1.807) is 0 Å². The monoisotopic (exact) mass is 246 g/mol. The van der Waals surface area contributed by atoms with Crippen molar-refractivity contribution < 1.29 is 14.4 Å². The average molecular weight is 246 g/mol. The Morgan fingerprint density at radius 1 is 0.941 bits per heavy atom. The molecule has 0 aliphatic heterocycles. The first-order valence-electron chi connectivity index (χ1n) is 5.62. The van der Waals surface area contributed by atoms with E-state index in [9.17, 15) is 14.4 Å². The molecule has 0 rings (SSSR count). The van der Waals surface area contributed by atoms with Gasteiger partial charge in [-0.1, -0.05) is 0 Å². The van der Waals surface area contributed by atoms with Gasteiger partial charge in [0.15, 0.2) is 0 Å². The number of rotatable bonds is 2. The Bertz CT molecular complexity index is 222. The third-order valence-electron chi connectivity index (χ3n) is 0.918. The molecule has 0 aliphatic carbocycles. The summed E-state index contributed by atoms with van der Waals surface area (Å²) in [6, 6.07) is 0.275. The Morgan fingerprint density at radius 2 is 1.29 bits per heavy atom. The highest BCUT2D eigenvalue weighted by molar-refractivity contribution is 5.73. The van der Waals surface area contributed by atoms with Crippen LogP contribution in [0.25, 0.3) is 0 Å². The van der Waals surface area contributed by atoms with E-state index in [1.807, 2.05) is 20.8 Å². The fraction of sp³-hybridized carbons (Fsp3) is 0.750. The Kier molecular flexibility index (Phi) is 18.0. The molecule has 0 fully saturated rings. The molecule has 0 radical (unpaired) electrons. The lowest BCUT2D eigenvalue weighted by molar-refractivity contribution is -0.120. The molecule has 0 spiro atoms. The van der Waals surface area contributed by atoms with Gasteiger partial charge in [-0.15, -0.1) is 0 Å². The van der Waals surface area contributed by atoms with Crippen LogP contribution in [0.2, 0.25) is 0 Å². The molecular formula is C12H26N2O3. The van der Waals surface area contributed by atoms with E-state index >= 15 is 0 Å². The lowest BCUT2D eigenvalue weighted by Crippen LogP contribution is -2.27. The van der Waals surface area contributed by atoms with E-state index in [1.165, 1.54) is 27.7 Å². The summed E-state index contributed by atoms with van der Waals surface area (Å²) in [4.78, 5) is 29.5. The molecule has 0 heterocycles. The summed E-state index contributed by atoms with van der Waals surface area (Å²) >= 11 is 0. The van der Waals surface area contributed by atoms with Crippen LogP contribution in [0.4, 0.5) is 0 Å². The highest BCUT2D eigenvalue weighted by atomic mass is 16.2. The highest BCUT2D eigenvalue weighted by Crippen LogP contribution is 1.72. The number of carbonyl (C=O) groups excluding carboxylic acids is 3. The largest absolute Gasteiger partial charge is 0.357 e. The van der Waals surface area contributed by atoms with Gasteiger partial charge in [-0.3, -0.25) is 9.59 Å². The van der Waals surface area contributed by atoms with Crippen molar-refractivity contribution in [3.8, 4) is 0 Å². The molecule has 17 heavy (non-hydrogen) atoms. The van der Waals surface area contributed by atoms with Crippen LogP contribution in [0, 0.1) is 0 Å². The zero-order chi connectivity index (χ0) is 14.4. The summed E-state index contributed by atoms with van der Waals surface area (Å²) in [5, 5.41) is 5.24. The Hall–Kier alpha value is -1.39. The summed E-state index contributed by atoms with van der Waals surface area (Å²) in [5.41, 5.74) is 0. The number of ketones is 1. The van der Waals surface area contributed by atoms with Gasteiger partial charge in [-0.25, -0.2) is 0 Å². The van der Waals surface area contributed by atoms with Crippen LogP contribution >= 0.6 is 0 Å². The van der Waals surface area contributed by atoms with Crippen molar-refractivity contribution in [3.05, 3.63) is 0 Å². The predicted octanol–water partition coefficient (Wildman–Crippen LogP) is 1.27. The first-order chi connectivity index (χ1) is 7.63. The quantitative estimate of drug-likeness (QED) is 0.770. The van der Waals surface area contributed by atoms with Crippen LogP contribution < -0.4 is 10.6 Å². The fourth-order valence-corrected chi connectivity index (χ4v) is 0.655. The van der Waals surface area contributed by atoms with Crippen LogP contribution in [0.3, 0.4) is 0 Å². The molecule has 0 aromatic heterocycles. The van der Waals surface area contributed by atoms with Crippen molar-refractivity contribution in [2.24, 2.45) is 0 Å². The van der Waals surface area contributed by atoms with Crippen molar-refractivity contribution >= 4 is 17.6 Å². The zero-order valence-corrected chi connectivity index (χ0v) is 12.0. The van der Waals surface area contributed by atoms with Crippen molar-refractivity contribution in [1.82, 2.24) is 10.6 Å². The molecule has 0 unspecified atom stereocenters. The van der Waals surface area contributed by atoms with Gasteiger partial charge >= 0.3 is 0 Å². The summed E-state index contributed by atoms with van der Waals surface area (Å²) in [6.45, 7) is 12.6. The summed E-state index contributed by atoms with van der Waals surface area (Å²) in [7, 11) is 0. The minimum Gasteiger partial charge on any atom is -0.357 e. The molecular weight excluding hydrogens is 220 g/mol. The van der Waals surface area contributed by atoms with Gasteiger partial charge in [-0.2, -0.15) is 0 Å². The first-order valence-corrected chi connectivity index (χ1v) is 5.62. The maximum absolute atomic E-state index is 10.1. The number of nitrogens with one attached hydrogen (secondary N) is 2. The summed E-state index contributed by atoms with van der Waals surface area (Å²) < 4.78 is 0. The number of amides is 2. The van der Waals surface area contributed by atoms with E-state index in [4.69, 9.17) is 0 Å². The van der Waals surface area contributed by atoms with E-state index in [0.717, 1.165) is 6.54 Å². The molecule has 5 heteroatoms. The van der Waals surface area contributed by atoms with Crippen molar-refractivity contribution in [3.63, 3.8) is 0 Å². The van der Waals surface area contributed by atoms with Crippen molar-refractivity contribution in [2.45, 2.75) is 54.5 Å². The SMILES string of the molecule is CC(=O)NC(C)C.CC(C)=O.CCNC(C)=O. The van der Waals surface area contributed by atoms with Crippen LogP contribution in [0.15, 0.2) is 0 Å². The lowest BCUT2D eigenvalue weighted by Gasteiger charge is -2.02. The average Bonchev–Trinajstić information content (AvgIpc) is 1.99. The number of hydrogen-bond donors (Lipinski definition) is 2. The molecule has 2 N–H and O–H groups in total. The summed E-state index contributed by atoms with van der Waals surface area (Å²) in [5.74, 6) is 0.243. The third-order valence-corrected chi connectivity index (χ3v) is 0.918. The number of hydrogen-bond acceptors (Lipinski definition) is 3. The van der Waals surface area contributed by atoms with Gasteiger partial charge in [0, 0.05) is 26.4 Å². The summed E-state index contributed by atoms with van der Waals surface area (Å²) in [6.07, 6.45) is 0. The van der Waals surface area contributed by atoms with Crippen LogP contribution in [-0.2, 0) is 14.4 Å². The van der Waals surface area contributed by atoms with Crippen LogP contribution in [-0.4, -0.2) is 30.2 Å². The second-order valence-electron chi connectivity index (χ2n) is 3.85. The Morgan fingerprint density at radius 3 is 1.29 bits per heavy atom.